The van der Waals surface area contributed by atoms with Gasteiger partial charge in [0.2, 0.25) is 17.8 Å². The van der Waals surface area contributed by atoms with Gasteiger partial charge in [-0.25, -0.2) is 0 Å². The number of carbonyl (C=O) groups excluding carboxylic acids is 1. The van der Waals surface area contributed by atoms with E-state index in [1.165, 1.54) is 32.1 Å². The third kappa shape index (κ3) is 11.7. The summed E-state index contributed by atoms with van der Waals surface area (Å²) < 4.78 is 11.2. The van der Waals surface area contributed by atoms with E-state index in [4.69, 9.17) is 9.47 Å². The van der Waals surface area contributed by atoms with Crippen LogP contribution in [0.15, 0.2) is 60.7 Å². The van der Waals surface area contributed by atoms with Crippen molar-refractivity contribution in [1.29, 1.82) is 0 Å². The maximum Gasteiger partial charge on any atom is 0.251 e. The van der Waals surface area contributed by atoms with Crippen LogP contribution in [0.3, 0.4) is 0 Å². The van der Waals surface area contributed by atoms with Crippen LogP contribution in [0.2, 0.25) is 0 Å². The number of nitrogens with one attached hydrogen (secondary N) is 4. The summed E-state index contributed by atoms with van der Waals surface area (Å²) in [5.41, 5.74) is 1.80. The Morgan fingerprint density at radius 2 is 1.27 bits per heavy atom. The fraction of sp³-hybridized carbons (Fsp3) is 0.484. The van der Waals surface area contributed by atoms with Gasteiger partial charge in [-0.05, 0) is 30.5 Å². The smallest absolute Gasteiger partial charge is 0.251 e. The molecule has 0 unspecified atom stereocenters. The van der Waals surface area contributed by atoms with Gasteiger partial charge in [0.15, 0.2) is 0 Å². The van der Waals surface area contributed by atoms with Gasteiger partial charge in [-0.2, -0.15) is 15.0 Å². The molecular weight excluding hydrogens is 518 g/mol. The molecule has 0 atom stereocenters. The van der Waals surface area contributed by atoms with E-state index < -0.39 is 0 Å². The Hall–Kier alpha value is -3.76. The molecule has 2 aromatic carbocycles. The Labute approximate surface area is 243 Å². The number of aromatic nitrogens is 3. The summed E-state index contributed by atoms with van der Waals surface area (Å²) in [5, 5.41) is 13.0. The predicted molar refractivity (Wildman–Crippen MR) is 162 cm³/mol. The molecule has 1 fully saturated rings. The molecule has 4 N–H and O–H groups in total. The first-order chi connectivity index (χ1) is 20.3. The maximum absolute atomic E-state index is 12.0. The lowest BCUT2D eigenvalue weighted by Crippen LogP contribution is -2.27. The SMILES string of the molecule is O=C(NCCOCCOCCNc1nc(NCc2ccccc2)nc(NC2CCCCCCC2)n1)c1ccccc1. The molecule has 220 valence electrons. The zero-order valence-corrected chi connectivity index (χ0v) is 23.8. The number of amides is 1. The third-order valence-corrected chi connectivity index (χ3v) is 6.84. The van der Waals surface area contributed by atoms with Crippen LogP contribution in [0.1, 0.15) is 60.9 Å². The molecule has 0 spiro atoms. The van der Waals surface area contributed by atoms with E-state index in [0.29, 0.717) is 75.5 Å². The number of anilines is 3. The van der Waals surface area contributed by atoms with Crippen LogP contribution < -0.4 is 21.3 Å². The van der Waals surface area contributed by atoms with E-state index in [-0.39, 0.29) is 5.91 Å². The molecule has 41 heavy (non-hydrogen) atoms. The minimum absolute atomic E-state index is 0.101. The molecule has 4 rings (SSSR count). The average molecular weight is 562 g/mol. The highest BCUT2D eigenvalue weighted by atomic mass is 16.5. The quantitative estimate of drug-likeness (QED) is 0.181. The van der Waals surface area contributed by atoms with E-state index in [0.717, 1.165) is 18.4 Å². The van der Waals surface area contributed by atoms with Crippen molar-refractivity contribution >= 4 is 23.8 Å². The highest BCUT2D eigenvalue weighted by Gasteiger charge is 2.14. The van der Waals surface area contributed by atoms with Crippen molar-refractivity contribution < 1.29 is 14.3 Å². The first-order valence-corrected chi connectivity index (χ1v) is 14.8. The Kier molecular flexibility index (Phi) is 13.1. The molecule has 10 nitrogen and oxygen atoms in total. The zero-order valence-electron chi connectivity index (χ0n) is 23.8. The molecule has 1 heterocycles. The largest absolute Gasteiger partial charge is 0.377 e. The normalized spacial score (nSPS) is 14.0. The topological polar surface area (TPSA) is 122 Å². The van der Waals surface area contributed by atoms with Crippen LogP contribution in [0.4, 0.5) is 17.8 Å². The fourth-order valence-corrected chi connectivity index (χ4v) is 4.64. The van der Waals surface area contributed by atoms with Gasteiger partial charge in [-0.15, -0.1) is 0 Å². The standard InChI is InChI=1S/C31H43N7O3/c39-28(26-14-8-5-9-15-26)32-18-20-40-22-23-41-21-19-33-29-36-30(34-24-25-12-6-4-7-13-25)38-31(37-29)35-27-16-10-2-1-3-11-17-27/h4-9,12-15,27H,1-3,10-11,16-24H2,(H,32,39)(H3,33,34,35,36,37,38). The molecule has 0 saturated heterocycles. The molecule has 10 heteroatoms. The molecule has 1 aliphatic rings. The number of benzene rings is 2. The minimum Gasteiger partial charge on any atom is -0.377 e. The second-order valence-corrected chi connectivity index (χ2v) is 10.1. The Balaban J connectivity index is 1.17. The molecule has 0 bridgehead atoms. The number of carbonyl (C=O) groups is 1. The molecule has 3 aromatic rings. The third-order valence-electron chi connectivity index (χ3n) is 6.84. The summed E-state index contributed by atoms with van der Waals surface area (Å²) in [4.78, 5) is 25.9. The number of hydrogen-bond acceptors (Lipinski definition) is 9. The lowest BCUT2D eigenvalue weighted by molar-refractivity contribution is 0.0519. The van der Waals surface area contributed by atoms with Crippen LogP contribution in [0, 0.1) is 0 Å². The van der Waals surface area contributed by atoms with Crippen molar-refractivity contribution in [3.63, 3.8) is 0 Å². The van der Waals surface area contributed by atoms with Gasteiger partial charge in [0.25, 0.3) is 5.91 Å². The van der Waals surface area contributed by atoms with Crippen LogP contribution in [-0.4, -0.2) is 66.4 Å². The summed E-state index contributed by atoms with van der Waals surface area (Å²) in [7, 11) is 0. The Bertz CT molecular complexity index is 1140. The maximum atomic E-state index is 12.0. The van der Waals surface area contributed by atoms with Gasteiger partial charge in [0, 0.05) is 31.2 Å². The van der Waals surface area contributed by atoms with Crippen molar-refractivity contribution in [2.75, 3.05) is 55.5 Å². The van der Waals surface area contributed by atoms with E-state index in [1.54, 1.807) is 12.1 Å². The molecular formula is C31H43N7O3. The van der Waals surface area contributed by atoms with E-state index in [9.17, 15) is 4.79 Å². The number of nitrogens with zero attached hydrogens (tertiary/aromatic N) is 3. The van der Waals surface area contributed by atoms with Crippen molar-refractivity contribution in [2.45, 2.75) is 57.5 Å². The van der Waals surface area contributed by atoms with Crippen molar-refractivity contribution in [2.24, 2.45) is 0 Å². The summed E-state index contributed by atoms with van der Waals surface area (Å²) in [6, 6.07) is 19.7. The van der Waals surface area contributed by atoms with E-state index in [2.05, 4.69) is 48.4 Å². The molecule has 1 amide bonds. The predicted octanol–water partition coefficient (Wildman–Crippen LogP) is 4.88. The highest BCUT2D eigenvalue weighted by molar-refractivity contribution is 5.94. The molecule has 0 radical (unpaired) electrons. The number of ether oxygens (including phenoxy) is 2. The van der Waals surface area contributed by atoms with Gasteiger partial charge >= 0.3 is 0 Å². The molecule has 1 aromatic heterocycles. The van der Waals surface area contributed by atoms with Gasteiger partial charge in [-0.3, -0.25) is 4.79 Å². The van der Waals surface area contributed by atoms with Gasteiger partial charge in [0.05, 0.1) is 26.4 Å². The van der Waals surface area contributed by atoms with Crippen LogP contribution in [0.5, 0.6) is 0 Å². The average Bonchev–Trinajstić information content (AvgIpc) is 2.99. The van der Waals surface area contributed by atoms with Crippen molar-refractivity contribution in [3.8, 4) is 0 Å². The molecule has 0 aliphatic heterocycles. The van der Waals surface area contributed by atoms with Gasteiger partial charge in [-0.1, -0.05) is 80.6 Å². The van der Waals surface area contributed by atoms with Crippen LogP contribution in [-0.2, 0) is 16.0 Å². The summed E-state index contributed by atoms with van der Waals surface area (Å²) in [6.07, 6.45) is 8.66. The summed E-state index contributed by atoms with van der Waals surface area (Å²) in [6.45, 7) is 3.47. The molecule has 1 saturated carbocycles. The monoisotopic (exact) mass is 561 g/mol. The number of rotatable bonds is 16. The molecule has 1 aliphatic carbocycles. The highest BCUT2D eigenvalue weighted by Crippen LogP contribution is 2.20. The zero-order chi connectivity index (χ0) is 28.4. The van der Waals surface area contributed by atoms with Crippen molar-refractivity contribution in [3.05, 3.63) is 71.8 Å². The second kappa shape index (κ2) is 17.8. The second-order valence-electron chi connectivity index (χ2n) is 10.1. The minimum atomic E-state index is -0.101. The van der Waals surface area contributed by atoms with Gasteiger partial charge in [0.1, 0.15) is 0 Å². The lowest BCUT2D eigenvalue weighted by Gasteiger charge is -2.21. The van der Waals surface area contributed by atoms with Gasteiger partial charge < -0.3 is 30.7 Å². The van der Waals surface area contributed by atoms with Crippen LogP contribution in [0.25, 0.3) is 0 Å². The summed E-state index contributed by atoms with van der Waals surface area (Å²) >= 11 is 0. The summed E-state index contributed by atoms with van der Waals surface area (Å²) in [5.74, 6) is 1.54. The van der Waals surface area contributed by atoms with Crippen molar-refractivity contribution in [1.82, 2.24) is 20.3 Å². The van der Waals surface area contributed by atoms with Crippen LogP contribution >= 0.6 is 0 Å². The van der Waals surface area contributed by atoms with E-state index >= 15 is 0 Å². The first-order valence-electron chi connectivity index (χ1n) is 14.8. The Morgan fingerprint density at radius 1 is 0.683 bits per heavy atom. The Morgan fingerprint density at radius 3 is 1.98 bits per heavy atom. The number of hydrogen-bond donors (Lipinski definition) is 4. The first kappa shape index (κ1) is 30.2. The fourth-order valence-electron chi connectivity index (χ4n) is 4.64. The van der Waals surface area contributed by atoms with E-state index in [1.807, 2.05) is 36.4 Å². The lowest BCUT2D eigenvalue weighted by atomic mass is 9.97.